The number of aromatic nitrogens is 2. The van der Waals surface area contributed by atoms with Crippen LogP contribution >= 0.6 is 0 Å². The zero-order chi connectivity index (χ0) is 13.1. The van der Waals surface area contributed by atoms with E-state index < -0.39 is 0 Å². The van der Waals surface area contributed by atoms with Crippen molar-refractivity contribution in [2.45, 2.75) is 26.8 Å². The summed E-state index contributed by atoms with van der Waals surface area (Å²) in [5.74, 6) is 1.21. The molecule has 1 aromatic heterocycles. The van der Waals surface area contributed by atoms with Gasteiger partial charge in [0.25, 0.3) is 0 Å². The van der Waals surface area contributed by atoms with Gasteiger partial charge in [0.1, 0.15) is 5.75 Å². The van der Waals surface area contributed by atoms with Crippen LogP contribution in [0.25, 0.3) is 11.5 Å². The van der Waals surface area contributed by atoms with E-state index in [2.05, 4.69) is 15.5 Å². The Hall–Kier alpha value is -1.88. The molecule has 0 saturated heterocycles. The number of aromatic hydroxyl groups is 1. The molecule has 1 atom stereocenters. The minimum atomic E-state index is 0.0221. The van der Waals surface area contributed by atoms with Crippen LogP contribution in [-0.2, 0) is 0 Å². The number of benzene rings is 1. The highest BCUT2D eigenvalue weighted by atomic mass is 16.4. The Labute approximate surface area is 106 Å². The molecule has 0 aliphatic rings. The molecule has 0 aliphatic carbocycles. The number of nitrogens with zero attached hydrogens (tertiary/aromatic N) is 2. The predicted octanol–water partition coefficient (Wildman–Crippen LogP) is 2.42. The summed E-state index contributed by atoms with van der Waals surface area (Å²) < 4.78 is 5.62. The normalized spacial score (nSPS) is 12.6. The molecule has 96 valence electrons. The third-order valence-corrected chi connectivity index (χ3v) is 2.86. The topological polar surface area (TPSA) is 71.2 Å². The lowest BCUT2D eigenvalue weighted by Gasteiger charge is -2.06. The maximum absolute atomic E-state index is 9.66. The standard InChI is InChI=1S/C13H17N3O2/c1-4-14-9(3)12-15-16-13(18-12)10-6-5-7-11(17)8(10)2/h5-7,9,14,17H,4H2,1-3H3. The first-order chi connectivity index (χ1) is 8.63. The SMILES string of the molecule is CCNC(C)c1nnc(-c2cccc(O)c2C)o1. The minimum Gasteiger partial charge on any atom is -0.508 e. The average Bonchev–Trinajstić information content (AvgIpc) is 2.82. The third-order valence-electron chi connectivity index (χ3n) is 2.86. The monoisotopic (exact) mass is 247 g/mol. The van der Waals surface area contributed by atoms with Crippen LogP contribution in [-0.4, -0.2) is 21.8 Å². The van der Waals surface area contributed by atoms with E-state index in [0.29, 0.717) is 11.8 Å². The summed E-state index contributed by atoms with van der Waals surface area (Å²) >= 11 is 0. The van der Waals surface area contributed by atoms with Gasteiger partial charge in [0.05, 0.1) is 6.04 Å². The fourth-order valence-electron chi connectivity index (χ4n) is 1.77. The summed E-state index contributed by atoms with van der Waals surface area (Å²) in [7, 11) is 0. The van der Waals surface area contributed by atoms with Crippen molar-refractivity contribution in [2.75, 3.05) is 6.54 Å². The van der Waals surface area contributed by atoms with Crippen molar-refractivity contribution in [3.63, 3.8) is 0 Å². The molecule has 0 amide bonds. The predicted molar refractivity (Wildman–Crippen MR) is 68.2 cm³/mol. The van der Waals surface area contributed by atoms with E-state index in [4.69, 9.17) is 4.42 Å². The van der Waals surface area contributed by atoms with Gasteiger partial charge in [0, 0.05) is 11.1 Å². The van der Waals surface area contributed by atoms with Gasteiger partial charge in [-0.2, -0.15) is 0 Å². The summed E-state index contributed by atoms with van der Waals surface area (Å²) in [4.78, 5) is 0. The van der Waals surface area contributed by atoms with Crippen LogP contribution in [0.4, 0.5) is 0 Å². The highest BCUT2D eigenvalue weighted by Gasteiger charge is 2.16. The van der Waals surface area contributed by atoms with Crippen LogP contribution in [0.5, 0.6) is 5.75 Å². The van der Waals surface area contributed by atoms with E-state index in [0.717, 1.165) is 17.7 Å². The highest BCUT2D eigenvalue weighted by molar-refractivity contribution is 5.61. The van der Waals surface area contributed by atoms with Gasteiger partial charge in [0.2, 0.25) is 11.8 Å². The highest BCUT2D eigenvalue weighted by Crippen LogP contribution is 2.28. The van der Waals surface area contributed by atoms with Crippen LogP contribution in [0.2, 0.25) is 0 Å². The first-order valence-electron chi connectivity index (χ1n) is 5.99. The van der Waals surface area contributed by atoms with Crippen molar-refractivity contribution in [3.05, 3.63) is 29.7 Å². The molecule has 0 aliphatic heterocycles. The fourth-order valence-corrected chi connectivity index (χ4v) is 1.77. The maximum Gasteiger partial charge on any atom is 0.248 e. The number of phenols is 1. The fraction of sp³-hybridized carbons (Fsp3) is 0.385. The summed E-state index contributed by atoms with van der Waals surface area (Å²) in [5.41, 5.74) is 1.50. The first kappa shape index (κ1) is 12.6. The Morgan fingerprint density at radius 2 is 2.17 bits per heavy atom. The van der Waals surface area contributed by atoms with E-state index in [1.54, 1.807) is 12.1 Å². The first-order valence-corrected chi connectivity index (χ1v) is 5.99. The van der Waals surface area contributed by atoms with E-state index >= 15 is 0 Å². The summed E-state index contributed by atoms with van der Waals surface area (Å²) in [5, 5.41) is 20.9. The number of rotatable bonds is 4. The molecule has 0 saturated carbocycles. The van der Waals surface area contributed by atoms with Crippen molar-refractivity contribution < 1.29 is 9.52 Å². The molecular formula is C13H17N3O2. The zero-order valence-electron chi connectivity index (χ0n) is 10.8. The second kappa shape index (κ2) is 5.18. The molecule has 1 aromatic carbocycles. The van der Waals surface area contributed by atoms with Gasteiger partial charge >= 0.3 is 0 Å². The Bertz CT molecular complexity index is 537. The summed E-state index contributed by atoms with van der Waals surface area (Å²) in [6.45, 7) is 6.65. The minimum absolute atomic E-state index is 0.0221. The molecule has 0 bridgehead atoms. The Balaban J connectivity index is 2.32. The van der Waals surface area contributed by atoms with Crippen LogP contribution in [0.3, 0.4) is 0 Å². The van der Waals surface area contributed by atoms with Crippen molar-refractivity contribution in [2.24, 2.45) is 0 Å². The van der Waals surface area contributed by atoms with Crippen molar-refractivity contribution in [3.8, 4) is 17.2 Å². The molecule has 0 fully saturated rings. The quantitative estimate of drug-likeness (QED) is 0.868. The van der Waals surface area contributed by atoms with Gasteiger partial charge in [0.15, 0.2) is 0 Å². The van der Waals surface area contributed by atoms with Crippen molar-refractivity contribution in [1.82, 2.24) is 15.5 Å². The van der Waals surface area contributed by atoms with E-state index in [1.807, 2.05) is 26.8 Å². The number of hydrogen-bond acceptors (Lipinski definition) is 5. The Morgan fingerprint density at radius 1 is 1.39 bits per heavy atom. The van der Waals surface area contributed by atoms with Crippen LogP contribution in [0, 0.1) is 6.92 Å². The van der Waals surface area contributed by atoms with E-state index in [-0.39, 0.29) is 11.8 Å². The second-order valence-corrected chi connectivity index (χ2v) is 4.17. The zero-order valence-corrected chi connectivity index (χ0v) is 10.8. The lowest BCUT2D eigenvalue weighted by atomic mass is 10.1. The number of nitrogens with one attached hydrogen (secondary N) is 1. The lowest BCUT2D eigenvalue weighted by Crippen LogP contribution is -2.17. The summed E-state index contributed by atoms with van der Waals surface area (Å²) in [6.07, 6.45) is 0. The van der Waals surface area contributed by atoms with Gasteiger partial charge in [-0.05, 0) is 32.5 Å². The van der Waals surface area contributed by atoms with Gasteiger partial charge in [-0.1, -0.05) is 13.0 Å². The van der Waals surface area contributed by atoms with Gasteiger partial charge < -0.3 is 14.8 Å². The van der Waals surface area contributed by atoms with Crippen LogP contribution < -0.4 is 5.32 Å². The van der Waals surface area contributed by atoms with Crippen LogP contribution in [0.15, 0.2) is 22.6 Å². The maximum atomic E-state index is 9.66. The summed E-state index contributed by atoms with van der Waals surface area (Å²) in [6, 6.07) is 5.27. The average molecular weight is 247 g/mol. The Kier molecular flexibility index (Phi) is 3.62. The Morgan fingerprint density at radius 3 is 2.89 bits per heavy atom. The molecule has 2 N–H and O–H groups in total. The molecule has 2 rings (SSSR count). The lowest BCUT2D eigenvalue weighted by molar-refractivity contribution is 0.428. The number of phenolic OH excluding ortho intramolecular Hbond substituents is 1. The molecule has 1 heterocycles. The second-order valence-electron chi connectivity index (χ2n) is 4.17. The van der Waals surface area contributed by atoms with Gasteiger partial charge in [-0.25, -0.2) is 0 Å². The molecule has 0 radical (unpaired) electrons. The molecule has 0 spiro atoms. The smallest absolute Gasteiger partial charge is 0.248 e. The molecule has 18 heavy (non-hydrogen) atoms. The molecule has 5 nitrogen and oxygen atoms in total. The molecule has 1 unspecified atom stereocenters. The largest absolute Gasteiger partial charge is 0.508 e. The molecule has 5 heteroatoms. The van der Waals surface area contributed by atoms with Gasteiger partial charge in [-0.3, -0.25) is 0 Å². The van der Waals surface area contributed by atoms with Gasteiger partial charge in [-0.15, -0.1) is 10.2 Å². The molecular weight excluding hydrogens is 230 g/mol. The van der Waals surface area contributed by atoms with E-state index in [9.17, 15) is 5.11 Å². The third kappa shape index (κ3) is 2.36. The number of hydrogen-bond donors (Lipinski definition) is 2. The molecule has 2 aromatic rings. The van der Waals surface area contributed by atoms with Crippen LogP contribution in [0.1, 0.15) is 31.3 Å². The van der Waals surface area contributed by atoms with Crippen molar-refractivity contribution in [1.29, 1.82) is 0 Å². The van der Waals surface area contributed by atoms with E-state index in [1.165, 1.54) is 0 Å². The van der Waals surface area contributed by atoms with Crippen molar-refractivity contribution >= 4 is 0 Å².